The molecule has 0 aliphatic carbocycles. The molecule has 1 heterocycles. The van der Waals surface area contributed by atoms with Crippen LogP contribution < -0.4 is 10.1 Å². The van der Waals surface area contributed by atoms with Gasteiger partial charge in [0.25, 0.3) is 0 Å². The van der Waals surface area contributed by atoms with Gasteiger partial charge in [0.2, 0.25) is 0 Å². The van der Waals surface area contributed by atoms with Crippen LogP contribution in [0.3, 0.4) is 0 Å². The molecule has 2 rings (SSSR count). The first-order valence-electron chi connectivity index (χ1n) is 6.00. The first-order valence-corrected chi connectivity index (χ1v) is 6.00. The van der Waals surface area contributed by atoms with Gasteiger partial charge in [-0.3, -0.25) is 0 Å². The number of hydrogen-bond donors (Lipinski definition) is 1. The summed E-state index contributed by atoms with van der Waals surface area (Å²) in [7, 11) is 0. The fourth-order valence-electron chi connectivity index (χ4n) is 2.18. The predicted molar refractivity (Wildman–Crippen MR) is 62.1 cm³/mol. The summed E-state index contributed by atoms with van der Waals surface area (Å²) >= 11 is 0. The number of hydrogen-bond acceptors (Lipinski definition) is 2. The fourth-order valence-corrected chi connectivity index (χ4v) is 2.18. The van der Waals surface area contributed by atoms with Crippen molar-refractivity contribution >= 4 is 0 Å². The molecular formula is C13H17F2NO. The summed E-state index contributed by atoms with van der Waals surface area (Å²) in [5, 5.41) is 3.30. The Bertz CT molecular complexity index is 409. The van der Waals surface area contributed by atoms with Gasteiger partial charge in [0.1, 0.15) is 5.82 Å². The molecule has 0 amide bonds. The Kier molecular flexibility index (Phi) is 3.62. The molecule has 0 fully saturated rings. The Balaban J connectivity index is 2.34. The second-order valence-electron chi connectivity index (χ2n) is 4.48. The van der Waals surface area contributed by atoms with Crippen LogP contribution in [0.2, 0.25) is 0 Å². The molecule has 1 aromatic carbocycles. The zero-order valence-electron chi connectivity index (χ0n) is 10.1. The number of benzene rings is 1. The third-order valence-corrected chi connectivity index (χ3v) is 2.94. The van der Waals surface area contributed by atoms with Crippen molar-refractivity contribution < 1.29 is 13.5 Å². The summed E-state index contributed by atoms with van der Waals surface area (Å²) in [4.78, 5) is 0. The molecule has 17 heavy (non-hydrogen) atoms. The summed E-state index contributed by atoms with van der Waals surface area (Å²) in [6.07, 6.45) is 1.66. The van der Waals surface area contributed by atoms with Crippen LogP contribution in [0, 0.1) is 11.6 Å². The molecule has 94 valence electrons. The summed E-state index contributed by atoms with van der Waals surface area (Å²) in [5.41, 5.74) is 0.592. The first-order chi connectivity index (χ1) is 8.11. The largest absolute Gasteiger partial charge is 0.487 e. The Morgan fingerprint density at radius 1 is 1.41 bits per heavy atom. The van der Waals surface area contributed by atoms with Crippen LogP contribution in [0.4, 0.5) is 8.78 Å². The van der Waals surface area contributed by atoms with Gasteiger partial charge in [-0.25, -0.2) is 8.78 Å². The lowest BCUT2D eigenvalue weighted by atomic mass is 9.96. The van der Waals surface area contributed by atoms with Crippen LogP contribution in [0.15, 0.2) is 12.1 Å². The van der Waals surface area contributed by atoms with Crippen molar-refractivity contribution in [1.82, 2.24) is 5.32 Å². The third-order valence-electron chi connectivity index (χ3n) is 2.94. The highest BCUT2D eigenvalue weighted by atomic mass is 19.1. The zero-order chi connectivity index (χ0) is 12.4. The van der Waals surface area contributed by atoms with Crippen molar-refractivity contribution in [3.63, 3.8) is 0 Å². The van der Waals surface area contributed by atoms with Crippen LogP contribution >= 0.6 is 0 Å². The molecular weight excluding hydrogens is 224 g/mol. The van der Waals surface area contributed by atoms with E-state index >= 15 is 0 Å². The quantitative estimate of drug-likeness (QED) is 0.877. The van der Waals surface area contributed by atoms with Crippen LogP contribution in [-0.2, 0) is 0 Å². The fraction of sp³-hybridized carbons (Fsp3) is 0.538. The molecule has 1 aromatic rings. The number of rotatable bonds is 3. The minimum absolute atomic E-state index is 0.0288. The van der Waals surface area contributed by atoms with E-state index in [0.29, 0.717) is 5.56 Å². The molecule has 1 aliphatic rings. The second kappa shape index (κ2) is 5.00. The zero-order valence-corrected chi connectivity index (χ0v) is 10.1. The average molecular weight is 241 g/mol. The van der Waals surface area contributed by atoms with Gasteiger partial charge < -0.3 is 10.1 Å². The molecule has 0 bridgehead atoms. The lowest BCUT2D eigenvalue weighted by Crippen LogP contribution is -2.32. The molecule has 1 aliphatic heterocycles. The minimum atomic E-state index is -0.616. The van der Waals surface area contributed by atoms with Crippen LogP contribution in [0.1, 0.15) is 38.3 Å². The summed E-state index contributed by atoms with van der Waals surface area (Å²) in [5.74, 6) is -0.976. The van der Waals surface area contributed by atoms with E-state index in [1.165, 1.54) is 6.07 Å². The number of nitrogens with one attached hydrogen (secondary N) is 1. The summed E-state index contributed by atoms with van der Waals surface area (Å²) in [6, 6.07) is 2.20. The predicted octanol–water partition coefficient (Wildman–Crippen LogP) is 3.18. The normalized spacial score (nSPS) is 23.1. The van der Waals surface area contributed by atoms with Gasteiger partial charge in [-0.2, -0.15) is 0 Å². The van der Waals surface area contributed by atoms with Gasteiger partial charge in [0.15, 0.2) is 11.6 Å². The van der Waals surface area contributed by atoms with Crippen LogP contribution in [0.25, 0.3) is 0 Å². The molecule has 0 spiro atoms. The summed E-state index contributed by atoms with van der Waals surface area (Å²) in [6.45, 7) is 4.78. The smallest absolute Gasteiger partial charge is 0.168 e. The maximum Gasteiger partial charge on any atom is 0.168 e. The lowest BCUT2D eigenvalue weighted by molar-refractivity contribution is 0.157. The van der Waals surface area contributed by atoms with Gasteiger partial charge in [-0.1, -0.05) is 6.92 Å². The second-order valence-corrected chi connectivity index (χ2v) is 4.48. The van der Waals surface area contributed by atoms with Gasteiger partial charge in [0.05, 0.1) is 6.10 Å². The maximum absolute atomic E-state index is 13.6. The van der Waals surface area contributed by atoms with E-state index in [1.54, 1.807) is 0 Å². The van der Waals surface area contributed by atoms with Crippen molar-refractivity contribution in [2.24, 2.45) is 0 Å². The number of ether oxygens (including phenoxy) is 1. The van der Waals surface area contributed by atoms with E-state index in [1.807, 2.05) is 6.92 Å². The molecule has 0 saturated carbocycles. The highest BCUT2D eigenvalue weighted by molar-refractivity contribution is 5.39. The monoisotopic (exact) mass is 241 g/mol. The molecule has 0 radical (unpaired) electrons. The number of fused-ring (bicyclic) bond motifs is 1. The SMILES string of the molecule is CCCNC1CC(C)Oc2c(F)cc(F)cc21. The standard InChI is InChI=1S/C13H17F2NO/c1-3-4-16-12-5-8(2)17-13-10(12)6-9(14)7-11(13)15/h6-8,12,16H,3-5H2,1-2H3. The molecule has 2 atom stereocenters. The van der Waals surface area contributed by atoms with Crippen LogP contribution in [0.5, 0.6) is 5.75 Å². The van der Waals surface area contributed by atoms with Gasteiger partial charge in [0, 0.05) is 24.1 Å². The van der Waals surface area contributed by atoms with Gasteiger partial charge >= 0.3 is 0 Å². The van der Waals surface area contributed by atoms with E-state index < -0.39 is 11.6 Å². The van der Waals surface area contributed by atoms with Crippen molar-refractivity contribution in [2.75, 3.05) is 6.54 Å². The van der Waals surface area contributed by atoms with Crippen LogP contribution in [-0.4, -0.2) is 12.6 Å². The van der Waals surface area contributed by atoms with E-state index in [4.69, 9.17) is 4.74 Å². The van der Waals surface area contributed by atoms with E-state index in [-0.39, 0.29) is 17.9 Å². The highest BCUT2D eigenvalue weighted by Gasteiger charge is 2.28. The van der Waals surface area contributed by atoms with Gasteiger partial charge in [-0.05, 0) is 26.0 Å². The molecule has 0 saturated heterocycles. The Labute approximate surface area is 100.0 Å². The van der Waals surface area contributed by atoms with Crippen molar-refractivity contribution in [3.8, 4) is 5.75 Å². The van der Waals surface area contributed by atoms with E-state index in [2.05, 4.69) is 12.2 Å². The molecule has 1 N–H and O–H groups in total. The molecule has 4 heteroatoms. The third kappa shape index (κ3) is 2.57. The molecule has 0 aromatic heterocycles. The number of halogens is 2. The lowest BCUT2D eigenvalue weighted by Gasteiger charge is -2.31. The summed E-state index contributed by atoms with van der Waals surface area (Å²) < 4.78 is 32.3. The molecule has 2 unspecified atom stereocenters. The van der Waals surface area contributed by atoms with E-state index in [0.717, 1.165) is 25.5 Å². The maximum atomic E-state index is 13.6. The Morgan fingerprint density at radius 2 is 2.18 bits per heavy atom. The Morgan fingerprint density at radius 3 is 2.88 bits per heavy atom. The first kappa shape index (κ1) is 12.3. The average Bonchev–Trinajstić information content (AvgIpc) is 2.27. The topological polar surface area (TPSA) is 21.3 Å². The van der Waals surface area contributed by atoms with Crippen molar-refractivity contribution in [2.45, 2.75) is 38.8 Å². The Hall–Kier alpha value is -1.16. The molecule has 2 nitrogen and oxygen atoms in total. The minimum Gasteiger partial charge on any atom is -0.487 e. The van der Waals surface area contributed by atoms with Crippen molar-refractivity contribution in [3.05, 3.63) is 29.3 Å². The van der Waals surface area contributed by atoms with E-state index in [9.17, 15) is 8.78 Å². The van der Waals surface area contributed by atoms with Crippen molar-refractivity contribution in [1.29, 1.82) is 0 Å². The highest BCUT2D eigenvalue weighted by Crippen LogP contribution is 2.37. The van der Waals surface area contributed by atoms with Gasteiger partial charge in [-0.15, -0.1) is 0 Å².